The Hall–Kier alpha value is -1.78. The Morgan fingerprint density at radius 1 is 1.26 bits per heavy atom. The lowest BCUT2D eigenvalue weighted by Crippen LogP contribution is -2.04. The zero-order valence-corrected chi connectivity index (χ0v) is 11.5. The Bertz CT molecular complexity index is 645. The van der Waals surface area contributed by atoms with Crippen molar-refractivity contribution >= 4 is 40.7 Å². The summed E-state index contributed by atoms with van der Waals surface area (Å²) in [6.07, 6.45) is 1.58. The fourth-order valence-corrected chi connectivity index (χ4v) is 2.08. The summed E-state index contributed by atoms with van der Waals surface area (Å²) in [5.74, 6) is -0.582. The summed E-state index contributed by atoms with van der Waals surface area (Å²) in [6, 6.07) is 6.37. The molecule has 1 aromatic heterocycles. The predicted molar refractivity (Wildman–Crippen MR) is 75.7 cm³/mol. The van der Waals surface area contributed by atoms with Crippen LogP contribution in [0.3, 0.4) is 0 Å². The molecule has 0 radical (unpaired) electrons. The maximum Gasteiger partial charge on any atom is 0.336 e. The van der Waals surface area contributed by atoms with E-state index in [0.29, 0.717) is 27.1 Å². The normalized spacial score (nSPS) is 10.3. The first-order chi connectivity index (χ1) is 9.00. The van der Waals surface area contributed by atoms with Crippen LogP contribution in [0.4, 0.5) is 11.5 Å². The first-order valence-electron chi connectivity index (χ1n) is 5.40. The first-order valence-corrected chi connectivity index (χ1v) is 6.16. The number of aromatic carboxylic acids is 1. The Kier molecular flexibility index (Phi) is 3.93. The zero-order chi connectivity index (χ0) is 14.0. The van der Waals surface area contributed by atoms with Crippen LogP contribution in [0, 0.1) is 6.92 Å². The van der Waals surface area contributed by atoms with Crippen molar-refractivity contribution < 1.29 is 9.90 Å². The summed E-state index contributed by atoms with van der Waals surface area (Å²) in [7, 11) is 0. The average Bonchev–Trinajstić information content (AvgIpc) is 2.36. The van der Waals surface area contributed by atoms with Gasteiger partial charge in [-0.15, -0.1) is 0 Å². The van der Waals surface area contributed by atoms with Gasteiger partial charge in [0.05, 0.1) is 21.3 Å². The Balaban J connectivity index is 2.48. The molecule has 0 aliphatic rings. The quantitative estimate of drug-likeness (QED) is 0.893. The third-order valence-corrected chi connectivity index (χ3v) is 3.27. The Labute approximate surface area is 120 Å². The van der Waals surface area contributed by atoms with Gasteiger partial charge in [-0.1, -0.05) is 23.2 Å². The summed E-state index contributed by atoms with van der Waals surface area (Å²) >= 11 is 12.1. The standard InChI is InChI=1S/C13H10Cl2N2O2/c1-7-8(13(18)19)4-5-9(14)11(7)17-12-10(15)3-2-6-16-12/h2-6H,1H3,(H,16,17)(H,18,19). The minimum atomic E-state index is -1.01. The van der Waals surface area contributed by atoms with Crippen LogP contribution in [-0.2, 0) is 0 Å². The molecular weight excluding hydrogens is 287 g/mol. The van der Waals surface area contributed by atoms with Crippen molar-refractivity contribution in [3.05, 3.63) is 51.6 Å². The molecule has 0 amide bonds. The number of nitrogens with zero attached hydrogens (tertiary/aromatic N) is 1. The van der Waals surface area contributed by atoms with Crippen LogP contribution >= 0.6 is 23.2 Å². The van der Waals surface area contributed by atoms with Crippen molar-refractivity contribution in [1.82, 2.24) is 4.98 Å². The molecule has 0 saturated carbocycles. The SMILES string of the molecule is Cc1c(C(=O)O)ccc(Cl)c1Nc1ncccc1Cl. The summed E-state index contributed by atoms with van der Waals surface area (Å²) in [6.45, 7) is 1.68. The second-order valence-corrected chi connectivity index (χ2v) is 4.67. The third kappa shape index (κ3) is 2.80. The highest BCUT2D eigenvalue weighted by atomic mass is 35.5. The van der Waals surface area contributed by atoms with Crippen LogP contribution in [-0.4, -0.2) is 16.1 Å². The molecule has 0 unspecified atom stereocenters. The van der Waals surface area contributed by atoms with Crippen molar-refractivity contribution in [2.75, 3.05) is 5.32 Å². The molecule has 4 nitrogen and oxygen atoms in total. The van der Waals surface area contributed by atoms with Gasteiger partial charge in [-0.2, -0.15) is 0 Å². The van der Waals surface area contributed by atoms with Gasteiger partial charge in [0.1, 0.15) is 5.82 Å². The molecule has 0 aliphatic heterocycles. The van der Waals surface area contributed by atoms with Gasteiger partial charge < -0.3 is 10.4 Å². The van der Waals surface area contributed by atoms with E-state index in [-0.39, 0.29) is 5.56 Å². The number of pyridine rings is 1. The average molecular weight is 297 g/mol. The van der Waals surface area contributed by atoms with Crippen LogP contribution in [0.5, 0.6) is 0 Å². The third-order valence-electron chi connectivity index (χ3n) is 2.65. The van der Waals surface area contributed by atoms with Crippen LogP contribution in [0.25, 0.3) is 0 Å². The molecule has 2 rings (SSSR count). The first kappa shape index (κ1) is 13.6. The molecular formula is C13H10Cl2N2O2. The number of rotatable bonds is 3. The van der Waals surface area contributed by atoms with E-state index in [9.17, 15) is 4.79 Å². The highest BCUT2D eigenvalue weighted by molar-refractivity contribution is 6.35. The molecule has 0 bridgehead atoms. The largest absolute Gasteiger partial charge is 0.478 e. The smallest absolute Gasteiger partial charge is 0.336 e. The minimum Gasteiger partial charge on any atom is -0.478 e. The monoisotopic (exact) mass is 296 g/mol. The molecule has 0 saturated heterocycles. The van der Waals surface area contributed by atoms with Gasteiger partial charge in [0.2, 0.25) is 0 Å². The zero-order valence-electron chi connectivity index (χ0n) is 9.95. The molecule has 19 heavy (non-hydrogen) atoms. The molecule has 0 fully saturated rings. The molecule has 0 aliphatic carbocycles. The van der Waals surface area contributed by atoms with Crippen molar-refractivity contribution in [1.29, 1.82) is 0 Å². The van der Waals surface area contributed by atoms with Gasteiger partial charge in [0.15, 0.2) is 0 Å². The highest BCUT2D eigenvalue weighted by Gasteiger charge is 2.14. The molecule has 6 heteroatoms. The van der Waals surface area contributed by atoms with Crippen LogP contribution in [0.2, 0.25) is 10.0 Å². The number of nitrogens with one attached hydrogen (secondary N) is 1. The number of anilines is 2. The number of halogens is 2. The van der Waals surface area contributed by atoms with Crippen LogP contribution < -0.4 is 5.32 Å². The number of aromatic nitrogens is 1. The number of carboxylic acid groups (broad SMARTS) is 1. The van der Waals surface area contributed by atoms with Crippen molar-refractivity contribution in [2.24, 2.45) is 0 Å². The van der Waals surface area contributed by atoms with E-state index in [4.69, 9.17) is 28.3 Å². The highest BCUT2D eigenvalue weighted by Crippen LogP contribution is 2.32. The van der Waals surface area contributed by atoms with E-state index < -0.39 is 5.97 Å². The van der Waals surface area contributed by atoms with E-state index in [1.54, 1.807) is 25.3 Å². The maximum atomic E-state index is 11.1. The van der Waals surface area contributed by atoms with Crippen molar-refractivity contribution in [2.45, 2.75) is 6.92 Å². The van der Waals surface area contributed by atoms with Gasteiger partial charge in [-0.25, -0.2) is 9.78 Å². The van der Waals surface area contributed by atoms with E-state index >= 15 is 0 Å². The lowest BCUT2D eigenvalue weighted by Gasteiger charge is -2.13. The molecule has 0 spiro atoms. The fraction of sp³-hybridized carbons (Fsp3) is 0.0769. The van der Waals surface area contributed by atoms with Crippen LogP contribution in [0.15, 0.2) is 30.5 Å². The number of hydrogen-bond acceptors (Lipinski definition) is 3. The van der Waals surface area contributed by atoms with Crippen molar-refractivity contribution in [3.63, 3.8) is 0 Å². The molecule has 0 atom stereocenters. The molecule has 2 aromatic rings. The fourth-order valence-electron chi connectivity index (χ4n) is 1.66. The molecule has 2 N–H and O–H groups in total. The van der Waals surface area contributed by atoms with Gasteiger partial charge in [-0.3, -0.25) is 0 Å². The topological polar surface area (TPSA) is 62.2 Å². The summed E-state index contributed by atoms with van der Waals surface area (Å²) in [5, 5.41) is 12.9. The summed E-state index contributed by atoms with van der Waals surface area (Å²) < 4.78 is 0. The van der Waals surface area contributed by atoms with E-state index in [2.05, 4.69) is 10.3 Å². The number of hydrogen-bond donors (Lipinski definition) is 2. The minimum absolute atomic E-state index is 0.180. The molecule has 1 aromatic carbocycles. The predicted octanol–water partition coefficient (Wildman–Crippen LogP) is 4.14. The van der Waals surface area contributed by atoms with E-state index in [1.807, 2.05) is 0 Å². The van der Waals surface area contributed by atoms with E-state index in [0.717, 1.165) is 0 Å². The Morgan fingerprint density at radius 2 is 2.00 bits per heavy atom. The maximum absolute atomic E-state index is 11.1. The number of carboxylic acids is 1. The summed E-state index contributed by atoms with van der Waals surface area (Å²) in [4.78, 5) is 15.2. The van der Waals surface area contributed by atoms with Gasteiger partial charge in [-0.05, 0) is 36.8 Å². The van der Waals surface area contributed by atoms with Gasteiger partial charge in [0.25, 0.3) is 0 Å². The van der Waals surface area contributed by atoms with Crippen molar-refractivity contribution in [3.8, 4) is 0 Å². The summed E-state index contributed by atoms with van der Waals surface area (Å²) in [5.41, 5.74) is 1.20. The van der Waals surface area contributed by atoms with Gasteiger partial charge >= 0.3 is 5.97 Å². The lowest BCUT2D eigenvalue weighted by molar-refractivity contribution is 0.0696. The van der Waals surface area contributed by atoms with E-state index in [1.165, 1.54) is 12.1 Å². The van der Waals surface area contributed by atoms with Gasteiger partial charge in [0, 0.05) is 6.20 Å². The number of benzene rings is 1. The second-order valence-electron chi connectivity index (χ2n) is 3.86. The number of carbonyl (C=O) groups is 1. The van der Waals surface area contributed by atoms with Crippen LogP contribution in [0.1, 0.15) is 15.9 Å². The lowest BCUT2D eigenvalue weighted by atomic mass is 10.1. The molecule has 1 heterocycles. The second kappa shape index (κ2) is 5.47. The molecule has 98 valence electrons. The Morgan fingerprint density at radius 3 is 2.63 bits per heavy atom.